The molecule has 0 bridgehead atoms. The van der Waals surface area contributed by atoms with Gasteiger partial charge in [-0.05, 0) is 31.2 Å². The zero-order chi connectivity index (χ0) is 16.8. The molecule has 0 aliphatic heterocycles. The van der Waals surface area contributed by atoms with Gasteiger partial charge in [0, 0.05) is 18.0 Å². The minimum Gasteiger partial charge on any atom is -0.320 e. The molecular weight excluding hydrogens is 334 g/mol. The van der Waals surface area contributed by atoms with Crippen molar-refractivity contribution < 1.29 is 0 Å². The maximum absolute atomic E-state index is 4.67. The Morgan fingerprint density at radius 3 is 2.88 bits per heavy atom. The Kier molecular flexibility index (Phi) is 3.10. The molecular formula is C17H13N7S. The number of nitrogens with zero attached hydrogens (tertiary/aromatic N) is 7. The van der Waals surface area contributed by atoms with Crippen molar-refractivity contribution in [2.45, 2.75) is 13.5 Å². The number of para-hydroxylation sites is 2. The van der Waals surface area contributed by atoms with E-state index in [0.717, 1.165) is 38.2 Å². The van der Waals surface area contributed by atoms with E-state index in [1.54, 1.807) is 16.9 Å². The van der Waals surface area contributed by atoms with E-state index in [1.807, 2.05) is 37.3 Å². The maximum atomic E-state index is 4.67. The summed E-state index contributed by atoms with van der Waals surface area (Å²) in [5.41, 5.74) is 3.04. The lowest BCUT2D eigenvalue weighted by Gasteiger charge is -2.04. The van der Waals surface area contributed by atoms with Crippen LogP contribution in [0.2, 0.25) is 0 Å². The molecule has 0 N–H and O–H groups in total. The molecule has 7 nitrogen and oxygen atoms in total. The molecule has 0 aliphatic carbocycles. The van der Waals surface area contributed by atoms with Crippen LogP contribution in [0.25, 0.3) is 26.6 Å². The Balaban J connectivity index is 1.59. The fourth-order valence-corrected chi connectivity index (χ4v) is 3.75. The lowest BCUT2D eigenvalue weighted by Crippen LogP contribution is -2.06. The molecule has 0 fully saturated rings. The van der Waals surface area contributed by atoms with Crippen molar-refractivity contribution in [2.24, 2.45) is 0 Å². The second kappa shape index (κ2) is 5.45. The molecule has 0 saturated heterocycles. The van der Waals surface area contributed by atoms with Gasteiger partial charge in [-0.25, -0.2) is 4.98 Å². The Labute approximate surface area is 146 Å². The van der Waals surface area contributed by atoms with Gasteiger partial charge in [-0.2, -0.15) is 9.61 Å². The molecule has 0 saturated carbocycles. The van der Waals surface area contributed by atoms with Gasteiger partial charge in [-0.1, -0.05) is 23.5 Å². The van der Waals surface area contributed by atoms with Crippen molar-refractivity contribution in [1.29, 1.82) is 0 Å². The summed E-state index contributed by atoms with van der Waals surface area (Å²) in [5.74, 6) is 1.73. The molecule has 8 heteroatoms. The standard InChI is InChI=1S/C17H13N7S/c1-11-19-13-6-2-3-7-14(13)23(11)10-15-20-21-17-24(15)22-16(25-17)12-5-4-8-18-9-12/h2-9H,10H2,1H3. The second-order valence-electron chi connectivity index (χ2n) is 5.69. The number of imidazole rings is 1. The van der Waals surface area contributed by atoms with Crippen molar-refractivity contribution in [3.8, 4) is 10.6 Å². The predicted molar refractivity (Wildman–Crippen MR) is 95.5 cm³/mol. The number of pyridine rings is 1. The average molecular weight is 347 g/mol. The summed E-state index contributed by atoms with van der Waals surface area (Å²) in [6.07, 6.45) is 3.56. The number of hydrogen-bond acceptors (Lipinski definition) is 6. The quantitative estimate of drug-likeness (QED) is 0.502. The Morgan fingerprint density at radius 2 is 2.00 bits per heavy atom. The van der Waals surface area contributed by atoms with Crippen molar-refractivity contribution in [1.82, 2.24) is 34.3 Å². The van der Waals surface area contributed by atoms with Gasteiger partial charge in [0.15, 0.2) is 5.82 Å². The summed E-state index contributed by atoms with van der Waals surface area (Å²) in [6, 6.07) is 12.0. The molecule has 0 atom stereocenters. The zero-order valence-electron chi connectivity index (χ0n) is 13.4. The highest BCUT2D eigenvalue weighted by Crippen LogP contribution is 2.25. The van der Waals surface area contributed by atoms with Crippen LogP contribution in [0.15, 0.2) is 48.8 Å². The van der Waals surface area contributed by atoms with Gasteiger partial charge < -0.3 is 4.57 Å². The summed E-state index contributed by atoms with van der Waals surface area (Å²) in [5, 5.41) is 14.1. The Hall–Kier alpha value is -3.13. The van der Waals surface area contributed by atoms with Gasteiger partial charge in [-0.15, -0.1) is 10.2 Å². The van der Waals surface area contributed by atoms with Crippen LogP contribution in [0.1, 0.15) is 11.6 Å². The fourth-order valence-electron chi connectivity index (χ4n) is 2.90. The van der Waals surface area contributed by atoms with Crippen LogP contribution in [-0.2, 0) is 6.54 Å². The van der Waals surface area contributed by atoms with Crippen LogP contribution in [0.3, 0.4) is 0 Å². The highest BCUT2D eigenvalue weighted by atomic mass is 32.1. The molecule has 25 heavy (non-hydrogen) atoms. The Morgan fingerprint density at radius 1 is 1.08 bits per heavy atom. The molecule has 0 spiro atoms. The second-order valence-corrected chi connectivity index (χ2v) is 6.65. The highest BCUT2D eigenvalue weighted by molar-refractivity contribution is 7.19. The number of aryl methyl sites for hydroxylation is 1. The molecule has 1 aromatic carbocycles. The summed E-state index contributed by atoms with van der Waals surface area (Å²) in [6.45, 7) is 2.57. The first-order chi connectivity index (χ1) is 12.3. The van der Waals surface area contributed by atoms with Crippen LogP contribution in [0.4, 0.5) is 0 Å². The van der Waals surface area contributed by atoms with Crippen LogP contribution in [-0.4, -0.2) is 34.3 Å². The van der Waals surface area contributed by atoms with Crippen molar-refractivity contribution >= 4 is 27.3 Å². The smallest absolute Gasteiger partial charge is 0.235 e. The van der Waals surface area contributed by atoms with Crippen molar-refractivity contribution in [3.63, 3.8) is 0 Å². The first-order valence-corrected chi connectivity index (χ1v) is 8.64. The lowest BCUT2D eigenvalue weighted by atomic mass is 10.3. The SMILES string of the molecule is Cc1nc2ccccc2n1Cc1nnc2sc(-c3cccnc3)nn12. The lowest BCUT2D eigenvalue weighted by molar-refractivity contribution is 0.707. The summed E-state index contributed by atoms with van der Waals surface area (Å²) < 4.78 is 3.94. The van der Waals surface area contributed by atoms with Crippen LogP contribution in [0.5, 0.6) is 0 Å². The van der Waals surface area contributed by atoms with E-state index < -0.39 is 0 Å². The normalized spacial score (nSPS) is 11.6. The summed E-state index contributed by atoms with van der Waals surface area (Å²) in [7, 11) is 0. The molecule has 4 aromatic heterocycles. The number of benzene rings is 1. The Bertz CT molecular complexity index is 1190. The molecule has 0 aliphatic rings. The molecule has 0 amide bonds. The monoisotopic (exact) mass is 347 g/mol. The van der Waals surface area contributed by atoms with Crippen molar-refractivity contribution in [2.75, 3.05) is 0 Å². The third-order valence-corrected chi connectivity index (χ3v) is 5.06. The first kappa shape index (κ1) is 14.2. The van der Waals surface area contributed by atoms with Gasteiger partial charge >= 0.3 is 0 Å². The van der Waals surface area contributed by atoms with Gasteiger partial charge in [0.1, 0.15) is 10.8 Å². The van der Waals surface area contributed by atoms with E-state index >= 15 is 0 Å². The zero-order valence-corrected chi connectivity index (χ0v) is 14.2. The summed E-state index contributed by atoms with van der Waals surface area (Å²) in [4.78, 5) is 9.53. The van der Waals surface area contributed by atoms with E-state index in [2.05, 4.69) is 35.9 Å². The molecule has 5 rings (SSSR count). The fraction of sp³-hybridized carbons (Fsp3) is 0.118. The van der Waals surface area contributed by atoms with Crippen LogP contribution >= 0.6 is 11.3 Å². The van der Waals surface area contributed by atoms with Crippen molar-refractivity contribution in [3.05, 3.63) is 60.4 Å². The largest absolute Gasteiger partial charge is 0.320 e. The van der Waals surface area contributed by atoms with Gasteiger partial charge in [0.25, 0.3) is 0 Å². The highest BCUT2D eigenvalue weighted by Gasteiger charge is 2.15. The molecule has 0 unspecified atom stereocenters. The minimum atomic E-state index is 0.573. The van der Waals surface area contributed by atoms with Crippen LogP contribution < -0.4 is 0 Å². The topological polar surface area (TPSA) is 73.8 Å². The number of fused-ring (bicyclic) bond motifs is 2. The van der Waals surface area contributed by atoms with Gasteiger partial charge in [-0.3, -0.25) is 4.98 Å². The molecule has 122 valence electrons. The first-order valence-electron chi connectivity index (χ1n) is 7.83. The van der Waals surface area contributed by atoms with E-state index in [9.17, 15) is 0 Å². The minimum absolute atomic E-state index is 0.573. The van der Waals surface area contributed by atoms with Gasteiger partial charge in [0.2, 0.25) is 4.96 Å². The molecule has 5 aromatic rings. The van der Waals surface area contributed by atoms with Crippen LogP contribution in [0, 0.1) is 6.92 Å². The van der Waals surface area contributed by atoms with E-state index in [-0.39, 0.29) is 0 Å². The van der Waals surface area contributed by atoms with Gasteiger partial charge in [0.05, 0.1) is 17.6 Å². The third-order valence-electron chi connectivity index (χ3n) is 4.11. The van der Waals surface area contributed by atoms with E-state index in [1.165, 1.54) is 11.3 Å². The van der Waals surface area contributed by atoms with E-state index in [0.29, 0.717) is 6.54 Å². The number of rotatable bonds is 3. The summed E-state index contributed by atoms with van der Waals surface area (Å²) >= 11 is 1.51. The number of aromatic nitrogens is 7. The average Bonchev–Trinajstić information content (AvgIpc) is 3.30. The van der Waals surface area contributed by atoms with E-state index in [4.69, 9.17) is 0 Å². The predicted octanol–water partition coefficient (Wildman–Crippen LogP) is 2.95. The number of hydrogen-bond donors (Lipinski definition) is 0. The maximum Gasteiger partial charge on any atom is 0.235 e. The molecule has 4 heterocycles. The molecule has 0 radical (unpaired) electrons. The third kappa shape index (κ3) is 2.30.